The highest BCUT2D eigenvalue weighted by Gasteiger charge is 2.04. The van der Waals surface area contributed by atoms with Crippen LogP contribution in [0.4, 0.5) is 0 Å². The van der Waals surface area contributed by atoms with Crippen LogP contribution in [0.5, 0.6) is 5.75 Å². The second-order valence-corrected chi connectivity index (χ2v) is 4.81. The van der Waals surface area contributed by atoms with Crippen molar-refractivity contribution < 1.29 is 9.53 Å². The summed E-state index contributed by atoms with van der Waals surface area (Å²) in [5.74, 6) is 6.26. The van der Waals surface area contributed by atoms with Gasteiger partial charge in [0.1, 0.15) is 12.4 Å². The Bertz CT molecular complexity index is 700. The maximum Gasteiger partial charge on any atom is 0.252 e. The lowest BCUT2D eigenvalue weighted by molar-refractivity contribution is 0.0958. The number of nitrogens with zero attached hydrogens (tertiary/aromatic N) is 1. The SMILES string of the molecule is Cc1ccc(C(=O)NCC#CCOc2cccnc2)cc1C. The van der Waals surface area contributed by atoms with Gasteiger partial charge in [0.15, 0.2) is 0 Å². The quantitative estimate of drug-likeness (QED) is 0.882. The predicted octanol–water partition coefficient (Wildman–Crippen LogP) is 2.51. The van der Waals surface area contributed by atoms with Gasteiger partial charge in [-0.25, -0.2) is 0 Å². The van der Waals surface area contributed by atoms with E-state index in [0.29, 0.717) is 17.9 Å². The van der Waals surface area contributed by atoms with Crippen LogP contribution >= 0.6 is 0 Å². The third kappa shape index (κ3) is 4.64. The summed E-state index contributed by atoms with van der Waals surface area (Å²) in [4.78, 5) is 15.9. The van der Waals surface area contributed by atoms with E-state index in [1.807, 2.05) is 38.1 Å². The van der Waals surface area contributed by atoms with Gasteiger partial charge < -0.3 is 10.1 Å². The molecule has 22 heavy (non-hydrogen) atoms. The van der Waals surface area contributed by atoms with Crippen molar-refractivity contribution in [3.05, 3.63) is 59.4 Å². The maximum atomic E-state index is 11.9. The highest BCUT2D eigenvalue weighted by molar-refractivity contribution is 5.94. The van der Waals surface area contributed by atoms with Crippen molar-refractivity contribution in [1.29, 1.82) is 0 Å². The molecule has 0 spiro atoms. The van der Waals surface area contributed by atoms with E-state index in [1.54, 1.807) is 18.5 Å². The number of carbonyl (C=O) groups is 1. The second kappa shape index (κ2) is 7.84. The minimum atomic E-state index is -0.120. The summed E-state index contributed by atoms with van der Waals surface area (Å²) in [5.41, 5.74) is 2.92. The Morgan fingerprint density at radius 1 is 1.23 bits per heavy atom. The lowest BCUT2D eigenvalue weighted by Crippen LogP contribution is -2.23. The number of benzene rings is 1. The number of rotatable bonds is 4. The molecule has 1 N–H and O–H groups in total. The molecule has 0 aliphatic heterocycles. The number of pyridine rings is 1. The molecule has 0 bridgehead atoms. The summed E-state index contributed by atoms with van der Waals surface area (Å²) in [6.07, 6.45) is 3.31. The maximum absolute atomic E-state index is 11.9. The van der Waals surface area contributed by atoms with Gasteiger partial charge in [-0.15, -0.1) is 0 Å². The van der Waals surface area contributed by atoms with E-state index in [-0.39, 0.29) is 12.5 Å². The van der Waals surface area contributed by atoms with Crippen LogP contribution in [0.2, 0.25) is 0 Å². The fourth-order valence-corrected chi connectivity index (χ4v) is 1.77. The number of aromatic nitrogens is 1. The van der Waals surface area contributed by atoms with Gasteiger partial charge in [-0.3, -0.25) is 9.78 Å². The zero-order valence-electron chi connectivity index (χ0n) is 12.7. The molecule has 0 radical (unpaired) electrons. The Morgan fingerprint density at radius 2 is 2.09 bits per heavy atom. The first-order valence-electron chi connectivity index (χ1n) is 7.01. The fourth-order valence-electron chi connectivity index (χ4n) is 1.77. The van der Waals surface area contributed by atoms with Crippen LogP contribution in [-0.4, -0.2) is 24.0 Å². The van der Waals surface area contributed by atoms with E-state index in [9.17, 15) is 4.79 Å². The topological polar surface area (TPSA) is 51.2 Å². The molecule has 4 heteroatoms. The van der Waals surface area contributed by atoms with Crippen LogP contribution in [0, 0.1) is 25.7 Å². The van der Waals surface area contributed by atoms with Crippen LogP contribution in [0.15, 0.2) is 42.7 Å². The van der Waals surface area contributed by atoms with Crippen LogP contribution in [0.25, 0.3) is 0 Å². The number of hydrogen-bond donors (Lipinski definition) is 1. The molecule has 2 aromatic rings. The third-order valence-electron chi connectivity index (χ3n) is 3.18. The Morgan fingerprint density at radius 3 is 2.82 bits per heavy atom. The molecule has 0 aliphatic rings. The zero-order chi connectivity index (χ0) is 15.8. The monoisotopic (exact) mass is 294 g/mol. The minimum Gasteiger partial charge on any atom is -0.479 e. The number of ether oxygens (including phenoxy) is 1. The van der Waals surface area contributed by atoms with E-state index >= 15 is 0 Å². The smallest absolute Gasteiger partial charge is 0.252 e. The molecule has 0 fully saturated rings. The largest absolute Gasteiger partial charge is 0.479 e. The van der Waals surface area contributed by atoms with Crippen molar-refractivity contribution in [2.45, 2.75) is 13.8 Å². The van der Waals surface area contributed by atoms with Gasteiger partial charge >= 0.3 is 0 Å². The minimum absolute atomic E-state index is 0.120. The Balaban J connectivity index is 1.75. The van der Waals surface area contributed by atoms with E-state index in [4.69, 9.17) is 4.74 Å². The van der Waals surface area contributed by atoms with Crippen molar-refractivity contribution in [3.63, 3.8) is 0 Å². The lowest BCUT2D eigenvalue weighted by Gasteiger charge is -2.04. The normalized spacial score (nSPS) is 9.55. The van der Waals surface area contributed by atoms with Crippen molar-refractivity contribution in [2.75, 3.05) is 13.2 Å². The highest BCUT2D eigenvalue weighted by atomic mass is 16.5. The fraction of sp³-hybridized carbons (Fsp3) is 0.222. The van der Waals surface area contributed by atoms with Gasteiger partial charge in [0.25, 0.3) is 5.91 Å². The summed E-state index contributed by atoms with van der Waals surface area (Å²) in [5, 5.41) is 2.76. The highest BCUT2D eigenvalue weighted by Crippen LogP contribution is 2.09. The molecule has 2 rings (SSSR count). The van der Waals surface area contributed by atoms with Crippen LogP contribution in [0.3, 0.4) is 0 Å². The molecule has 0 saturated carbocycles. The summed E-state index contributed by atoms with van der Waals surface area (Å²) >= 11 is 0. The first-order valence-corrected chi connectivity index (χ1v) is 7.01. The van der Waals surface area contributed by atoms with Crippen LogP contribution in [0.1, 0.15) is 21.5 Å². The van der Waals surface area contributed by atoms with Crippen molar-refractivity contribution in [2.24, 2.45) is 0 Å². The molecule has 1 aromatic heterocycles. The summed E-state index contributed by atoms with van der Waals surface area (Å²) in [6.45, 7) is 4.57. The van der Waals surface area contributed by atoms with Gasteiger partial charge in [-0.05, 0) is 49.2 Å². The lowest BCUT2D eigenvalue weighted by atomic mass is 10.1. The van der Waals surface area contributed by atoms with E-state index in [2.05, 4.69) is 22.1 Å². The molecule has 1 aromatic carbocycles. The van der Waals surface area contributed by atoms with Crippen LogP contribution in [-0.2, 0) is 0 Å². The summed E-state index contributed by atoms with van der Waals surface area (Å²) in [6, 6.07) is 9.25. The standard InChI is InChI=1S/C18H18N2O2/c1-14-7-8-16(12-15(14)2)18(21)20-10-3-4-11-22-17-6-5-9-19-13-17/h5-9,12-13H,10-11H2,1-2H3,(H,20,21). The molecule has 1 amide bonds. The molecule has 0 saturated heterocycles. The van der Waals surface area contributed by atoms with E-state index < -0.39 is 0 Å². The molecule has 112 valence electrons. The Labute approximate surface area is 130 Å². The first kappa shape index (κ1) is 15.6. The zero-order valence-corrected chi connectivity index (χ0v) is 12.7. The van der Waals surface area contributed by atoms with Gasteiger partial charge in [-0.2, -0.15) is 0 Å². The Kier molecular flexibility index (Phi) is 5.56. The molecule has 1 heterocycles. The number of aryl methyl sites for hydroxylation is 2. The first-order chi connectivity index (χ1) is 10.7. The van der Waals surface area contributed by atoms with Crippen LogP contribution < -0.4 is 10.1 Å². The predicted molar refractivity (Wildman–Crippen MR) is 85.8 cm³/mol. The number of hydrogen-bond acceptors (Lipinski definition) is 3. The van der Waals surface area contributed by atoms with E-state index in [1.165, 1.54) is 5.56 Å². The number of amides is 1. The molecule has 0 atom stereocenters. The van der Waals surface area contributed by atoms with Gasteiger partial charge in [0, 0.05) is 11.8 Å². The van der Waals surface area contributed by atoms with Gasteiger partial charge in [-0.1, -0.05) is 17.9 Å². The van der Waals surface area contributed by atoms with Gasteiger partial charge in [0.05, 0.1) is 12.7 Å². The Hall–Kier alpha value is -2.80. The average Bonchev–Trinajstić information content (AvgIpc) is 2.54. The summed E-state index contributed by atoms with van der Waals surface area (Å²) < 4.78 is 5.38. The van der Waals surface area contributed by atoms with Crippen molar-refractivity contribution in [3.8, 4) is 17.6 Å². The summed E-state index contributed by atoms with van der Waals surface area (Å²) in [7, 11) is 0. The van der Waals surface area contributed by atoms with Gasteiger partial charge in [0.2, 0.25) is 0 Å². The van der Waals surface area contributed by atoms with E-state index in [0.717, 1.165) is 5.56 Å². The number of carbonyl (C=O) groups excluding carboxylic acids is 1. The van der Waals surface area contributed by atoms with Crippen molar-refractivity contribution >= 4 is 5.91 Å². The molecule has 4 nitrogen and oxygen atoms in total. The molecule has 0 aliphatic carbocycles. The second-order valence-electron chi connectivity index (χ2n) is 4.81. The average molecular weight is 294 g/mol. The third-order valence-corrected chi connectivity index (χ3v) is 3.18. The van der Waals surface area contributed by atoms with Crippen molar-refractivity contribution in [1.82, 2.24) is 10.3 Å². The number of nitrogens with one attached hydrogen (secondary N) is 1. The molecule has 0 unspecified atom stereocenters. The molecular weight excluding hydrogens is 276 g/mol. The molecular formula is C18H18N2O2.